The van der Waals surface area contributed by atoms with E-state index >= 15 is 0 Å². The Morgan fingerprint density at radius 1 is 1.33 bits per heavy atom. The highest BCUT2D eigenvalue weighted by atomic mass is 32.1. The van der Waals surface area contributed by atoms with Gasteiger partial charge >= 0.3 is 0 Å². The van der Waals surface area contributed by atoms with Crippen LogP contribution in [-0.4, -0.2) is 29.3 Å². The van der Waals surface area contributed by atoms with Crippen LogP contribution in [0.25, 0.3) is 0 Å². The maximum absolute atomic E-state index is 5.61. The number of fused-ring (bicyclic) bond motifs is 1. The van der Waals surface area contributed by atoms with E-state index in [-0.39, 0.29) is 0 Å². The molecule has 2 nitrogen and oxygen atoms in total. The maximum Gasteiger partial charge on any atom is 0.259 e. The largest absolute Gasteiger partial charge is 0.465 e. The van der Waals surface area contributed by atoms with Crippen LogP contribution in [0.1, 0.15) is 32.1 Å². The summed E-state index contributed by atoms with van der Waals surface area (Å²) in [6, 6.07) is 0.569. The smallest absolute Gasteiger partial charge is 0.259 e. The fourth-order valence-corrected chi connectivity index (χ4v) is 2.44. The summed E-state index contributed by atoms with van der Waals surface area (Å²) >= 11 is 5.10. The second-order valence-electron chi connectivity index (χ2n) is 3.74. The Balaban J connectivity index is 2.09. The summed E-state index contributed by atoms with van der Waals surface area (Å²) in [5.41, 5.74) is 0. The number of rotatable bonds is 0. The van der Waals surface area contributed by atoms with E-state index in [4.69, 9.17) is 17.0 Å². The van der Waals surface area contributed by atoms with E-state index in [2.05, 4.69) is 11.9 Å². The van der Waals surface area contributed by atoms with Crippen molar-refractivity contribution in [3.63, 3.8) is 0 Å². The molecule has 2 aliphatic rings. The third-order valence-electron chi connectivity index (χ3n) is 2.96. The normalized spacial score (nSPS) is 35.8. The molecule has 2 fully saturated rings. The van der Waals surface area contributed by atoms with Crippen LogP contribution in [0, 0.1) is 0 Å². The molecule has 2 unspecified atom stereocenters. The van der Waals surface area contributed by atoms with E-state index < -0.39 is 0 Å². The van der Waals surface area contributed by atoms with Gasteiger partial charge in [0.15, 0.2) is 0 Å². The van der Waals surface area contributed by atoms with Crippen molar-refractivity contribution in [3.05, 3.63) is 0 Å². The van der Waals surface area contributed by atoms with Crippen LogP contribution in [0.5, 0.6) is 0 Å². The third-order valence-corrected chi connectivity index (χ3v) is 3.34. The quantitative estimate of drug-likeness (QED) is 0.535. The number of ether oxygens (including phenoxy) is 1. The highest BCUT2D eigenvalue weighted by molar-refractivity contribution is 7.80. The lowest BCUT2D eigenvalue weighted by molar-refractivity contribution is 0.184. The van der Waals surface area contributed by atoms with Gasteiger partial charge < -0.3 is 9.64 Å². The Bertz CT molecular complexity index is 195. The first-order valence-electron chi connectivity index (χ1n) is 4.72. The van der Waals surface area contributed by atoms with Gasteiger partial charge in [0.25, 0.3) is 5.17 Å². The van der Waals surface area contributed by atoms with E-state index in [1.165, 1.54) is 32.1 Å². The standard InChI is InChI=1S/C9H15NOS/c1-10-7-5-3-2-4-6-8(7)11-9(10)12/h7-8H,2-6H2,1H3. The van der Waals surface area contributed by atoms with Crippen LogP contribution >= 0.6 is 12.2 Å². The molecular weight excluding hydrogens is 170 g/mol. The molecule has 0 N–H and O–H groups in total. The van der Waals surface area contributed by atoms with Gasteiger partial charge in [-0.1, -0.05) is 12.8 Å². The minimum Gasteiger partial charge on any atom is -0.465 e. The van der Waals surface area contributed by atoms with Gasteiger partial charge in [-0.3, -0.25) is 0 Å². The van der Waals surface area contributed by atoms with E-state index in [9.17, 15) is 0 Å². The van der Waals surface area contributed by atoms with Crippen molar-refractivity contribution < 1.29 is 4.74 Å². The number of nitrogens with zero attached hydrogens (tertiary/aromatic N) is 1. The maximum atomic E-state index is 5.61. The second-order valence-corrected chi connectivity index (χ2v) is 4.09. The molecule has 0 aromatic rings. The fourth-order valence-electron chi connectivity index (χ4n) is 2.18. The summed E-state index contributed by atoms with van der Waals surface area (Å²) in [6.07, 6.45) is 6.83. The van der Waals surface area contributed by atoms with Gasteiger partial charge in [-0.25, -0.2) is 0 Å². The van der Waals surface area contributed by atoms with Crippen molar-refractivity contribution in [2.45, 2.75) is 44.2 Å². The zero-order valence-corrected chi connectivity index (χ0v) is 8.27. The Morgan fingerprint density at radius 3 is 2.92 bits per heavy atom. The predicted molar refractivity (Wildman–Crippen MR) is 52.1 cm³/mol. The molecule has 0 aromatic carbocycles. The molecule has 2 atom stereocenters. The van der Waals surface area contributed by atoms with Crippen molar-refractivity contribution in [1.29, 1.82) is 0 Å². The van der Waals surface area contributed by atoms with Crippen LogP contribution < -0.4 is 0 Å². The van der Waals surface area contributed by atoms with Crippen molar-refractivity contribution in [2.24, 2.45) is 0 Å². The van der Waals surface area contributed by atoms with E-state index in [0.717, 1.165) is 0 Å². The molecule has 0 bridgehead atoms. The van der Waals surface area contributed by atoms with Crippen molar-refractivity contribution >= 4 is 17.4 Å². The molecule has 1 heterocycles. The molecule has 2 rings (SSSR count). The van der Waals surface area contributed by atoms with Crippen LogP contribution in [0.2, 0.25) is 0 Å². The SMILES string of the molecule is CN1C(=S)OC2CCCCCC21. The first-order chi connectivity index (χ1) is 5.79. The van der Waals surface area contributed by atoms with Gasteiger partial charge in [0.1, 0.15) is 6.10 Å². The molecule has 12 heavy (non-hydrogen) atoms. The first kappa shape index (κ1) is 8.30. The van der Waals surface area contributed by atoms with Crippen molar-refractivity contribution in [1.82, 2.24) is 4.90 Å². The van der Waals surface area contributed by atoms with Crippen LogP contribution in [0.15, 0.2) is 0 Å². The summed E-state index contributed by atoms with van der Waals surface area (Å²) in [5, 5.41) is 0.701. The fraction of sp³-hybridized carbons (Fsp3) is 0.889. The summed E-state index contributed by atoms with van der Waals surface area (Å²) in [4.78, 5) is 2.13. The first-order valence-corrected chi connectivity index (χ1v) is 5.13. The highest BCUT2D eigenvalue weighted by Crippen LogP contribution is 2.29. The average Bonchev–Trinajstić information content (AvgIpc) is 2.30. The zero-order chi connectivity index (χ0) is 8.55. The average molecular weight is 185 g/mol. The van der Waals surface area contributed by atoms with Crippen molar-refractivity contribution in [3.8, 4) is 0 Å². The van der Waals surface area contributed by atoms with E-state index in [1.807, 2.05) is 0 Å². The molecule has 0 spiro atoms. The van der Waals surface area contributed by atoms with E-state index in [1.54, 1.807) is 0 Å². The van der Waals surface area contributed by atoms with Gasteiger partial charge in [-0.2, -0.15) is 0 Å². The summed E-state index contributed by atoms with van der Waals surface area (Å²) < 4.78 is 5.61. The number of likely N-dealkylation sites (N-methyl/N-ethyl adjacent to an activating group) is 1. The molecular formula is C9H15NOS. The summed E-state index contributed by atoms with van der Waals surface area (Å²) in [5.74, 6) is 0. The van der Waals surface area contributed by atoms with E-state index in [0.29, 0.717) is 17.3 Å². The predicted octanol–water partition coefficient (Wildman–Crippen LogP) is 1.93. The lowest BCUT2D eigenvalue weighted by Gasteiger charge is -2.19. The van der Waals surface area contributed by atoms with Gasteiger partial charge in [0, 0.05) is 7.05 Å². The summed E-state index contributed by atoms with van der Waals surface area (Å²) in [7, 11) is 2.05. The minimum absolute atomic E-state index is 0.394. The summed E-state index contributed by atoms with van der Waals surface area (Å²) in [6.45, 7) is 0. The van der Waals surface area contributed by atoms with Gasteiger partial charge in [-0.05, 0) is 31.5 Å². The lowest BCUT2D eigenvalue weighted by atomic mass is 10.1. The zero-order valence-electron chi connectivity index (χ0n) is 7.45. The molecule has 1 saturated heterocycles. The molecule has 1 aliphatic carbocycles. The number of hydrogen-bond acceptors (Lipinski definition) is 2. The topological polar surface area (TPSA) is 12.5 Å². The molecule has 1 saturated carbocycles. The van der Waals surface area contributed by atoms with Gasteiger partial charge in [0.05, 0.1) is 6.04 Å². The monoisotopic (exact) mass is 185 g/mol. The minimum atomic E-state index is 0.394. The molecule has 0 aromatic heterocycles. The second kappa shape index (κ2) is 3.21. The molecule has 0 radical (unpaired) electrons. The van der Waals surface area contributed by atoms with Crippen LogP contribution in [0.4, 0.5) is 0 Å². The highest BCUT2D eigenvalue weighted by Gasteiger charge is 2.36. The Labute approximate surface area is 78.9 Å². The van der Waals surface area contributed by atoms with Gasteiger partial charge in [-0.15, -0.1) is 0 Å². The van der Waals surface area contributed by atoms with Crippen LogP contribution in [-0.2, 0) is 4.74 Å². The number of hydrogen-bond donors (Lipinski definition) is 0. The molecule has 1 aliphatic heterocycles. The Hall–Kier alpha value is -0.310. The number of thiocarbonyl (C=S) groups is 1. The lowest BCUT2D eigenvalue weighted by Crippen LogP contribution is -2.32. The molecule has 68 valence electrons. The van der Waals surface area contributed by atoms with Crippen LogP contribution in [0.3, 0.4) is 0 Å². The molecule has 3 heteroatoms. The van der Waals surface area contributed by atoms with Gasteiger partial charge in [0.2, 0.25) is 0 Å². The Kier molecular flexibility index (Phi) is 2.22. The Morgan fingerprint density at radius 2 is 2.08 bits per heavy atom. The van der Waals surface area contributed by atoms with Crippen molar-refractivity contribution in [2.75, 3.05) is 7.05 Å². The molecule has 0 amide bonds. The third kappa shape index (κ3) is 1.30.